The van der Waals surface area contributed by atoms with Crippen molar-refractivity contribution in [1.29, 1.82) is 0 Å². The maximum Gasteiger partial charge on any atom is 0.165 e. The number of aromatic nitrogens is 3. The summed E-state index contributed by atoms with van der Waals surface area (Å²) in [5, 5.41) is 14.5. The highest BCUT2D eigenvalue weighted by atomic mass is 19.1. The number of nitrogens with zero attached hydrogens (tertiary/aromatic N) is 3. The van der Waals surface area contributed by atoms with E-state index in [1.807, 2.05) is 13.8 Å². The van der Waals surface area contributed by atoms with Crippen LogP contribution in [0.1, 0.15) is 39.2 Å². The van der Waals surface area contributed by atoms with Crippen LogP contribution in [0.25, 0.3) is 0 Å². The first-order valence-electron chi connectivity index (χ1n) is 8.09. The minimum Gasteiger partial charge on any atom is -0.490 e. The summed E-state index contributed by atoms with van der Waals surface area (Å²) in [5.74, 6) is -1.09. The lowest BCUT2D eigenvalue weighted by Gasteiger charge is -2.25. The fourth-order valence-corrected chi connectivity index (χ4v) is 2.52. The largest absolute Gasteiger partial charge is 0.490 e. The molecule has 5 nitrogen and oxygen atoms in total. The van der Waals surface area contributed by atoms with Crippen molar-refractivity contribution < 1.29 is 18.6 Å². The van der Waals surface area contributed by atoms with Crippen LogP contribution in [-0.2, 0) is 0 Å². The zero-order valence-corrected chi connectivity index (χ0v) is 13.9. The van der Waals surface area contributed by atoms with Gasteiger partial charge in [-0.05, 0) is 37.3 Å². The molecular weight excluding hydrogens is 316 g/mol. The normalized spacial score (nSPS) is 13.9. The average molecular weight is 339 g/mol. The van der Waals surface area contributed by atoms with Gasteiger partial charge in [-0.2, -0.15) is 5.10 Å². The Morgan fingerprint density at radius 1 is 1.25 bits per heavy atom. The topological polar surface area (TPSA) is 60.2 Å². The Morgan fingerprint density at radius 2 is 2.04 bits per heavy atom. The predicted octanol–water partition coefficient (Wildman–Crippen LogP) is 3.36. The van der Waals surface area contributed by atoms with E-state index in [4.69, 9.17) is 4.74 Å². The monoisotopic (exact) mass is 339 g/mol. The van der Waals surface area contributed by atoms with Crippen LogP contribution < -0.4 is 4.74 Å². The van der Waals surface area contributed by atoms with Gasteiger partial charge in [-0.3, -0.25) is 0 Å². The third-order valence-electron chi connectivity index (χ3n) is 3.90. The maximum absolute atomic E-state index is 13.4. The summed E-state index contributed by atoms with van der Waals surface area (Å²) >= 11 is 0. The standard InChI is InChI=1S/C17H23F2N3O2/c1-12(2)17(23)15(22-11-20-10-21-22)5-3-4-8-24-16-9-13(18)6-7-14(16)19/h6-7,9-12,15,17,23H,3-5,8H2,1-2H3. The smallest absolute Gasteiger partial charge is 0.165 e. The highest BCUT2D eigenvalue weighted by Gasteiger charge is 2.24. The number of rotatable bonds is 9. The second-order valence-corrected chi connectivity index (χ2v) is 6.10. The molecule has 0 bridgehead atoms. The molecule has 0 aliphatic heterocycles. The number of halogens is 2. The van der Waals surface area contributed by atoms with Crippen LogP contribution in [0.2, 0.25) is 0 Å². The number of hydrogen-bond acceptors (Lipinski definition) is 4. The summed E-state index contributed by atoms with van der Waals surface area (Å²) in [6, 6.07) is 2.97. The Morgan fingerprint density at radius 3 is 2.71 bits per heavy atom. The molecule has 1 N–H and O–H groups in total. The molecule has 0 fully saturated rings. The third-order valence-corrected chi connectivity index (χ3v) is 3.90. The molecule has 1 heterocycles. The quantitative estimate of drug-likeness (QED) is 0.712. The van der Waals surface area contributed by atoms with Crippen LogP contribution in [0.4, 0.5) is 8.78 Å². The van der Waals surface area contributed by atoms with Crippen molar-refractivity contribution in [2.24, 2.45) is 5.92 Å². The molecule has 0 radical (unpaired) electrons. The van der Waals surface area contributed by atoms with Crippen molar-refractivity contribution in [3.63, 3.8) is 0 Å². The maximum atomic E-state index is 13.4. The van der Waals surface area contributed by atoms with Gasteiger partial charge in [-0.25, -0.2) is 18.4 Å². The van der Waals surface area contributed by atoms with E-state index in [0.29, 0.717) is 12.8 Å². The molecule has 2 atom stereocenters. The Bertz CT molecular complexity index is 620. The Labute approximate surface area is 140 Å². The Kier molecular flexibility index (Phi) is 6.66. The minimum atomic E-state index is -0.577. The van der Waals surface area contributed by atoms with E-state index in [1.165, 1.54) is 6.33 Å². The third kappa shape index (κ3) is 4.99. The highest BCUT2D eigenvalue weighted by Crippen LogP contribution is 2.24. The second kappa shape index (κ2) is 8.73. The summed E-state index contributed by atoms with van der Waals surface area (Å²) in [7, 11) is 0. The van der Waals surface area contributed by atoms with Gasteiger partial charge in [0.1, 0.15) is 18.5 Å². The second-order valence-electron chi connectivity index (χ2n) is 6.10. The number of benzene rings is 1. The van der Waals surface area contributed by atoms with Crippen molar-refractivity contribution >= 4 is 0 Å². The molecule has 2 rings (SSSR count). The molecule has 0 spiro atoms. The van der Waals surface area contributed by atoms with E-state index in [2.05, 4.69) is 10.1 Å². The van der Waals surface area contributed by atoms with Crippen LogP contribution in [0.3, 0.4) is 0 Å². The zero-order valence-electron chi connectivity index (χ0n) is 13.9. The lowest BCUT2D eigenvalue weighted by atomic mass is 9.95. The molecule has 0 aliphatic carbocycles. The number of ether oxygens (including phenoxy) is 1. The molecule has 132 valence electrons. The van der Waals surface area contributed by atoms with Crippen molar-refractivity contribution in [1.82, 2.24) is 14.8 Å². The summed E-state index contributed by atoms with van der Waals surface area (Å²) in [6.45, 7) is 4.18. The van der Waals surface area contributed by atoms with Gasteiger partial charge in [-0.15, -0.1) is 0 Å². The average Bonchev–Trinajstić information content (AvgIpc) is 3.07. The molecule has 7 heteroatoms. The van der Waals surface area contributed by atoms with Gasteiger partial charge < -0.3 is 9.84 Å². The van der Waals surface area contributed by atoms with Gasteiger partial charge in [0.25, 0.3) is 0 Å². The van der Waals surface area contributed by atoms with E-state index in [1.54, 1.807) is 11.0 Å². The molecule has 1 aromatic carbocycles. The molecule has 0 saturated heterocycles. The summed E-state index contributed by atoms with van der Waals surface area (Å²) in [6.07, 6.45) is 4.60. The van der Waals surface area contributed by atoms with Crippen LogP contribution >= 0.6 is 0 Å². The van der Waals surface area contributed by atoms with Crippen LogP contribution in [0, 0.1) is 17.6 Å². The van der Waals surface area contributed by atoms with E-state index >= 15 is 0 Å². The van der Waals surface area contributed by atoms with Crippen molar-refractivity contribution in [3.8, 4) is 5.75 Å². The number of unbranched alkanes of at least 4 members (excludes halogenated alkanes) is 1. The predicted molar refractivity (Wildman–Crippen MR) is 85.6 cm³/mol. The summed E-state index contributed by atoms with van der Waals surface area (Å²) in [5.41, 5.74) is 0. The van der Waals surface area contributed by atoms with Gasteiger partial charge in [0.15, 0.2) is 11.6 Å². The summed E-state index contributed by atoms with van der Waals surface area (Å²) < 4.78 is 33.5. The van der Waals surface area contributed by atoms with Gasteiger partial charge in [-0.1, -0.05) is 13.8 Å². The lowest BCUT2D eigenvalue weighted by Crippen LogP contribution is -2.29. The number of aliphatic hydroxyl groups is 1. The molecule has 2 unspecified atom stereocenters. The van der Waals surface area contributed by atoms with Crippen molar-refractivity contribution in [2.45, 2.75) is 45.3 Å². The first kappa shape index (κ1) is 18.3. The van der Waals surface area contributed by atoms with Crippen LogP contribution in [-0.4, -0.2) is 32.6 Å². The zero-order chi connectivity index (χ0) is 17.5. The highest BCUT2D eigenvalue weighted by molar-refractivity contribution is 5.24. The SMILES string of the molecule is CC(C)C(O)C(CCCCOc1cc(F)ccc1F)n1cncn1. The fourth-order valence-electron chi connectivity index (χ4n) is 2.52. The number of hydrogen-bond donors (Lipinski definition) is 1. The molecule has 0 saturated carbocycles. The molecule has 24 heavy (non-hydrogen) atoms. The van der Waals surface area contributed by atoms with Crippen molar-refractivity contribution in [3.05, 3.63) is 42.5 Å². The fraction of sp³-hybridized carbons (Fsp3) is 0.529. The van der Waals surface area contributed by atoms with Gasteiger partial charge in [0, 0.05) is 6.07 Å². The molecular formula is C17H23F2N3O2. The van der Waals surface area contributed by atoms with Crippen LogP contribution in [0.15, 0.2) is 30.9 Å². The molecule has 2 aromatic rings. The summed E-state index contributed by atoms with van der Waals surface area (Å²) in [4.78, 5) is 3.93. The Hall–Kier alpha value is -2.02. The van der Waals surface area contributed by atoms with E-state index in [-0.39, 0.29) is 24.3 Å². The Balaban J connectivity index is 1.81. The minimum absolute atomic E-state index is 0.0787. The van der Waals surface area contributed by atoms with Crippen LogP contribution in [0.5, 0.6) is 5.75 Å². The van der Waals surface area contributed by atoms with E-state index < -0.39 is 17.7 Å². The molecule has 0 aliphatic rings. The first-order chi connectivity index (χ1) is 11.5. The van der Waals surface area contributed by atoms with Gasteiger partial charge >= 0.3 is 0 Å². The molecule has 1 aromatic heterocycles. The molecule has 0 amide bonds. The van der Waals surface area contributed by atoms with Gasteiger partial charge in [0.05, 0.1) is 18.8 Å². The van der Waals surface area contributed by atoms with Crippen molar-refractivity contribution in [2.75, 3.05) is 6.61 Å². The van der Waals surface area contributed by atoms with E-state index in [0.717, 1.165) is 24.6 Å². The number of aliphatic hydroxyl groups excluding tert-OH is 1. The van der Waals surface area contributed by atoms with E-state index in [9.17, 15) is 13.9 Å². The first-order valence-corrected chi connectivity index (χ1v) is 8.09. The lowest BCUT2D eigenvalue weighted by molar-refractivity contribution is 0.0580. The van der Waals surface area contributed by atoms with Gasteiger partial charge in [0.2, 0.25) is 0 Å².